The molecule has 4 heteroatoms. The van der Waals surface area contributed by atoms with E-state index >= 15 is 0 Å². The quantitative estimate of drug-likeness (QED) is 0.743. The van der Waals surface area contributed by atoms with Crippen LogP contribution in [0, 0.1) is 6.92 Å². The molecule has 0 atom stereocenters. The smallest absolute Gasteiger partial charge is 0.270 e. The first-order chi connectivity index (χ1) is 6.75. The maximum absolute atomic E-state index is 11.6. The summed E-state index contributed by atoms with van der Waals surface area (Å²) in [6.45, 7) is 3.08. The van der Waals surface area contributed by atoms with Gasteiger partial charge < -0.3 is 10.1 Å². The van der Waals surface area contributed by atoms with E-state index in [-0.39, 0.29) is 11.9 Å². The second kappa shape index (κ2) is 3.75. The van der Waals surface area contributed by atoms with Crippen LogP contribution in [0.15, 0.2) is 18.2 Å². The molecule has 0 radical (unpaired) electrons. The maximum Gasteiger partial charge on any atom is 0.270 e. The van der Waals surface area contributed by atoms with Gasteiger partial charge in [-0.05, 0) is 19.1 Å². The topological polar surface area (TPSA) is 51.2 Å². The zero-order chi connectivity index (χ0) is 9.97. The van der Waals surface area contributed by atoms with Crippen LogP contribution in [0.3, 0.4) is 0 Å². The molecule has 0 bridgehead atoms. The molecule has 0 spiro atoms. The molecule has 4 nitrogen and oxygen atoms in total. The van der Waals surface area contributed by atoms with Crippen LogP contribution in [0.1, 0.15) is 16.2 Å². The third-order valence-corrected chi connectivity index (χ3v) is 2.09. The van der Waals surface area contributed by atoms with Gasteiger partial charge >= 0.3 is 0 Å². The van der Waals surface area contributed by atoms with Crippen LogP contribution >= 0.6 is 0 Å². The molecule has 1 aromatic rings. The zero-order valence-electron chi connectivity index (χ0n) is 7.99. The summed E-state index contributed by atoms with van der Waals surface area (Å²) in [5.41, 5.74) is 1.32. The molecule has 0 saturated carbocycles. The zero-order valence-corrected chi connectivity index (χ0v) is 7.99. The highest BCUT2D eigenvalue weighted by Gasteiger charge is 2.21. The standard InChI is InChI=1S/C10H12N2O2/c1-7-3-2-4-9(11-7)10(13)12-8-5-14-6-8/h2-4,8H,5-6H2,1H3,(H,12,13). The molecular formula is C10H12N2O2. The molecule has 1 aliphatic heterocycles. The lowest BCUT2D eigenvalue weighted by Crippen LogP contribution is -2.48. The molecule has 14 heavy (non-hydrogen) atoms. The fourth-order valence-electron chi connectivity index (χ4n) is 1.25. The fourth-order valence-corrected chi connectivity index (χ4v) is 1.25. The molecule has 0 aromatic carbocycles. The normalized spacial score (nSPS) is 16.1. The molecule has 74 valence electrons. The molecule has 1 N–H and O–H groups in total. The van der Waals surface area contributed by atoms with E-state index in [9.17, 15) is 4.79 Å². The van der Waals surface area contributed by atoms with Crippen molar-refractivity contribution < 1.29 is 9.53 Å². The second-order valence-electron chi connectivity index (χ2n) is 3.37. The van der Waals surface area contributed by atoms with Crippen molar-refractivity contribution in [2.24, 2.45) is 0 Å². The monoisotopic (exact) mass is 192 g/mol. The number of pyridine rings is 1. The summed E-state index contributed by atoms with van der Waals surface area (Å²) in [5, 5.41) is 2.83. The van der Waals surface area contributed by atoms with Crippen molar-refractivity contribution in [3.8, 4) is 0 Å². The first kappa shape index (κ1) is 9.15. The van der Waals surface area contributed by atoms with Crippen LogP contribution in [0.2, 0.25) is 0 Å². The molecule has 0 aliphatic carbocycles. The molecule has 1 amide bonds. The van der Waals surface area contributed by atoms with Gasteiger partial charge in [0.05, 0.1) is 19.3 Å². The second-order valence-corrected chi connectivity index (χ2v) is 3.37. The Balaban J connectivity index is 2.02. The first-order valence-corrected chi connectivity index (χ1v) is 4.58. The van der Waals surface area contributed by atoms with Crippen molar-refractivity contribution in [1.29, 1.82) is 0 Å². The summed E-state index contributed by atoms with van der Waals surface area (Å²) in [4.78, 5) is 15.7. The van der Waals surface area contributed by atoms with E-state index in [1.807, 2.05) is 19.1 Å². The maximum atomic E-state index is 11.6. The summed E-state index contributed by atoms with van der Waals surface area (Å²) in [5.74, 6) is -0.123. The Morgan fingerprint density at radius 1 is 1.57 bits per heavy atom. The molecule has 1 saturated heterocycles. The van der Waals surface area contributed by atoms with Crippen molar-refractivity contribution in [2.45, 2.75) is 13.0 Å². The van der Waals surface area contributed by atoms with Crippen molar-refractivity contribution in [1.82, 2.24) is 10.3 Å². The number of hydrogen-bond acceptors (Lipinski definition) is 3. The van der Waals surface area contributed by atoms with E-state index in [1.54, 1.807) is 6.07 Å². The number of aryl methyl sites for hydroxylation is 1. The molecule has 0 unspecified atom stereocenters. The SMILES string of the molecule is Cc1cccc(C(=O)NC2COC2)n1. The van der Waals surface area contributed by atoms with Crippen molar-refractivity contribution in [3.05, 3.63) is 29.6 Å². The molecule has 1 aliphatic rings. The van der Waals surface area contributed by atoms with Gasteiger partial charge in [0.2, 0.25) is 0 Å². The Labute approximate surface area is 82.3 Å². The largest absolute Gasteiger partial charge is 0.377 e. The van der Waals surface area contributed by atoms with Crippen LogP contribution in [0.25, 0.3) is 0 Å². The van der Waals surface area contributed by atoms with Gasteiger partial charge in [-0.2, -0.15) is 0 Å². The van der Waals surface area contributed by atoms with Crippen molar-refractivity contribution >= 4 is 5.91 Å². The summed E-state index contributed by atoms with van der Waals surface area (Å²) in [7, 11) is 0. The number of hydrogen-bond donors (Lipinski definition) is 1. The Morgan fingerprint density at radius 3 is 2.93 bits per heavy atom. The Kier molecular flexibility index (Phi) is 2.45. The lowest BCUT2D eigenvalue weighted by molar-refractivity contribution is -0.00355. The van der Waals surface area contributed by atoms with E-state index in [1.165, 1.54) is 0 Å². The highest BCUT2D eigenvalue weighted by Crippen LogP contribution is 2.03. The van der Waals surface area contributed by atoms with Gasteiger partial charge in [0.1, 0.15) is 5.69 Å². The van der Waals surface area contributed by atoms with Gasteiger partial charge in [0, 0.05) is 5.69 Å². The lowest BCUT2D eigenvalue weighted by Gasteiger charge is -2.26. The van der Waals surface area contributed by atoms with Gasteiger partial charge in [-0.25, -0.2) is 4.98 Å². The van der Waals surface area contributed by atoms with Crippen LogP contribution in [0.5, 0.6) is 0 Å². The Hall–Kier alpha value is -1.42. The molecule has 2 rings (SSSR count). The van der Waals surface area contributed by atoms with E-state index < -0.39 is 0 Å². The Bertz CT molecular complexity index is 348. The number of ether oxygens (including phenoxy) is 1. The average Bonchev–Trinajstić information content (AvgIpc) is 2.11. The number of amides is 1. The van der Waals surface area contributed by atoms with Crippen LogP contribution in [-0.4, -0.2) is 30.1 Å². The third kappa shape index (κ3) is 1.90. The fraction of sp³-hybridized carbons (Fsp3) is 0.400. The minimum Gasteiger partial charge on any atom is -0.377 e. The van der Waals surface area contributed by atoms with Gasteiger partial charge in [0.15, 0.2) is 0 Å². The van der Waals surface area contributed by atoms with Crippen molar-refractivity contribution in [3.63, 3.8) is 0 Å². The summed E-state index contributed by atoms with van der Waals surface area (Å²) >= 11 is 0. The summed E-state index contributed by atoms with van der Waals surface area (Å²) < 4.78 is 4.96. The van der Waals surface area contributed by atoms with Crippen LogP contribution < -0.4 is 5.32 Å². The third-order valence-electron chi connectivity index (χ3n) is 2.09. The molecule has 1 aromatic heterocycles. The minimum absolute atomic E-state index is 0.123. The molecule has 2 heterocycles. The number of carbonyl (C=O) groups is 1. The van der Waals surface area contributed by atoms with Gasteiger partial charge in [0.25, 0.3) is 5.91 Å². The Morgan fingerprint density at radius 2 is 2.36 bits per heavy atom. The van der Waals surface area contributed by atoms with E-state index in [0.29, 0.717) is 18.9 Å². The number of rotatable bonds is 2. The average molecular weight is 192 g/mol. The van der Waals surface area contributed by atoms with Gasteiger partial charge in [-0.15, -0.1) is 0 Å². The van der Waals surface area contributed by atoms with E-state index in [4.69, 9.17) is 4.74 Å². The minimum atomic E-state index is -0.123. The molecular weight excluding hydrogens is 180 g/mol. The van der Waals surface area contributed by atoms with Gasteiger partial charge in [-0.3, -0.25) is 4.79 Å². The number of carbonyl (C=O) groups excluding carboxylic acids is 1. The van der Waals surface area contributed by atoms with Crippen LogP contribution in [0.4, 0.5) is 0 Å². The molecule has 1 fully saturated rings. The van der Waals surface area contributed by atoms with E-state index in [2.05, 4.69) is 10.3 Å². The van der Waals surface area contributed by atoms with Gasteiger partial charge in [-0.1, -0.05) is 6.07 Å². The predicted octanol–water partition coefficient (Wildman–Crippen LogP) is 0.519. The van der Waals surface area contributed by atoms with Crippen molar-refractivity contribution in [2.75, 3.05) is 13.2 Å². The highest BCUT2D eigenvalue weighted by molar-refractivity contribution is 5.92. The lowest BCUT2D eigenvalue weighted by atomic mass is 10.2. The number of nitrogens with one attached hydrogen (secondary N) is 1. The van der Waals surface area contributed by atoms with Crippen LogP contribution in [-0.2, 0) is 4.74 Å². The summed E-state index contributed by atoms with van der Waals surface area (Å²) in [6.07, 6.45) is 0. The number of nitrogens with zero attached hydrogens (tertiary/aromatic N) is 1. The van der Waals surface area contributed by atoms with E-state index in [0.717, 1.165) is 5.69 Å². The highest BCUT2D eigenvalue weighted by atomic mass is 16.5. The predicted molar refractivity (Wildman–Crippen MR) is 51.0 cm³/mol. The summed E-state index contributed by atoms with van der Waals surface area (Å²) in [6, 6.07) is 5.56. The first-order valence-electron chi connectivity index (χ1n) is 4.58. The number of aromatic nitrogens is 1.